The molecule has 6 nitrogen and oxygen atoms in total. The van der Waals surface area contributed by atoms with Gasteiger partial charge in [0.05, 0.1) is 24.1 Å². The van der Waals surface area contributed by atoms with Gasteiger partial charge in [0.25, 0.3) is 0 Å². The van der Waals surface area contributed by atoms with Crippen molar-refractivity contribution in [1.82, 2.24) is 25.0 Å². The normalized spacial score (nSPS) is 12.1. The zero-order chi connectivity index (χ0) is 15.5. The molecule has 1 atom stereocenters. The number of hydrogen-bond donors (Lipinski definition) is 1. The quantitative estimate of drug-likeness (QED) is 0.801. The number of halogens is 1. The number of nitrogens with one attached hydrogen (secondary N) is 1. The Morgan fingerprint density at radius 1 is 1.18 bits per heavy atom. The van der Waals surface area contributed by atoms with Crippen LogP contribution in [0.1, 0.15) is 18.5 Å². The number of anilines is 1. The smallest absolute Gasteiger partial charge is 0.243 e. The van der Waals surface area contributed by atoms with E-state index in [1.165, 1.54) is 0 Å². The Morgan fingerprint density at radius 3 is 2.64 bits per heavy atom. The van der Waals surface area contributed by atoms with Crippen molar-refractivity contribution in [1.29, 1.82) is 0 Å². The number of hydrogen-bond acceptors (Lipinski definition) is 5. The van der Waals surface area contributed by atoms with Gasteiger partial charge in [-0.25, -0.2) is 4.98 Å². The van der Waals surface area contributed by atoms with Crippen LogP contribution in [-0.4, -0.2) is 25.0 Å². The van der Waals surface area contributed by atoms with E-state index in [0.717, 1.165) is 16.8 Å². The summed E-state index contributed by atoms with van der Waals surface area (Å²) < 4.78 is 1.76. The van der Waals surface area contributed by atoms with Crippen LogP contribution in [0.5, 0.6) is 0 Å². The van der Waals surface area contributed by atoms with E-state index in [1.54, 1.807) is 10.9 Å². The van der Waals surface area contributed by atoms with Crippen LogP contribution in [0, 0.1) is 0 Å². The predicted molar refractivity (Wildman–Crippen MR) is 85.5 cm³/mol. The highest BCUT2D eigenvalue weighted by atomic mass is 35.5. The fraction of sp³-hybridized carbons (Fsp3) is 0.200. The Hall–Kier alpha value is -2.47. The Morgan fingerprint density at radius 2 is 1.95 bits per heavy atom. The summed E-state index contributed by atoms with van der Waals surface area (Å²) in [7, 11) is 1.88. The summed E-state index contributed by atoms with van der Waals surface area (Å²) in [6, 6.07) is 7.49. The highest BCUT2D eigenvalue weighted by Gasteiger charge is 2.10. The molecular weight excluding hydrogens is 300 g/mol. The number of aryl methyl sites for hydroxylation is 1. The SMILES string of the molecule is CC(Nc1nncc(-c2ccc(Cl)cc2)n1)c1cnn(C)c1. The van der Waals surface area contributed by atoms with Crippen LogP contribution in [0.2, 0.25) is 5.02 Å². The minimum atomic E-state index is 0.0379. The second kappa shape index (κ2) is 6.11. The largest absolute Gasteiger partial charge is 0.346 e. The third-order valence-electron chi connectivity index (χ3n) is 3.27. The molecule has 0 aliphatic heterocycles. The zero-order valence-electron chi connectivity index (χ0n) is 12.2. The molecule has 0 saturated carbocycles. The van der Waals surface area contributed by atoms with Crippen LogP contribution in [0.15, 0.2) is 42.9 Å². The first kappa shape index (κ1) is 14.5. The second-order valence-electron chi connectivity index (χ2n) is 4.99. The molecule has 0 bridgehead atoms. The van der Waals surface area contributed by atoms with Crippen molar-refractivity contribution in [2.75, 3.05) is 5.32 Å². The topological polar surface area (TPSA) is 68.5 Å². The summed E-state index contributed by atoms with van der Waals surface area (Å²) in [5, 5.41) is 16.1. The van der Waals surface area contributed by atoms with E-state index in [-0.39, 0.29) is 6.04 Å². The molecule has 3 rings (SSSR count). The first-order valence-corrected chi connectivity index (χ1v) is 7.20. The first-order chi connectivity index (χ1) is 10.6. The number of nitrogens with zero attached hydrogens (tertiary/aromatic N) is 5. The lowest BCUT2D eigenvalue weighted by molar-refractivity contribution is 0.764. The van der Waals surface area contributed by atoms with Crippen LogP contribution >= 0.6 is 11.6 Å². The number of rotatable bonds is 4. The molecule has 1 aromatic carbocycles. The fourth-order valence-electron chi connectivity index (χ4n) is 2.07. The summed E-state index contributed by atoms with van der Waals surface area (Å²) in [5.41, 5.74) is 2.74. The average Bonchev–Trinajstić information content (AvgIpc) is 2.95. The molecular formula is C15H15ClN6. The maximum absolute atomic E-state index is 5.90. The molecule has 7 heteroatoms. The highest BCUT2D eigenvalue weighted by Crippen LogP contribution is 2.21. The van der Waals surface area contributed by atoms with Crippen LogP contribution in [-0.2, 0) is 7.05 Å². The van der Waals surface area contributed by atoms with Gasteiger partial charge >= 0.3 is 0 Å². The maximum atomic E-state index is 5.90. The highest BCUT2D eigenvalue weighted by molar-refractivity contribution is 6.30. The fourth-order valence-corrected chi connectivity index (χ4v) is 2.19. The zero-order valence-corrected chi connectivity index (χ0v) is 13.0. The predicted octanol–water partition coefficient (Wildman–Crippen LogP) is 3.10. The van der Waals surface area contributed by atoms with Crippen molar-refractivity contribution in [2.45, 2.75) is 13.0 Å². The third-order valence-corrected chi connectivity index (χ3v) is 3.52. The second-order valence-corrected chi connectivity index (χ2v) is 5.42. The Bertz CT molecular complexity index is 768. The Kier molecular flexibility index (Phi) is 4.02. The van der Waals surface area contributed by atoms with Gasteiger partial charge < -0.3 is 5.32 Å². The van der Waals surface area contributed by atoms with E-state index < -0.39 is 0 Å². The van der Waals surface area contributed by atoms with E-state index in [9.17, 15) is 0 Å². The molecule has 0 radical (unpaired) electrons. The van der Waals surface area contributed by atoms with Crippen molar-refractivity contribution < 1.29 is 0 Å². The molecule has 0 aliphatic carbocycles. The van der Waals surface area contributed by atoms with Gasteiger partial charge in [0.15, 0.2) is 0 Å². The minimum absolute atomic E-state index is 0.0379. The molecule has 1 N–H and O–H groups in total. The van der Waals surface area contributed by atoms with Gasteiger partial charge in [-0.15, -0.1) is 5.10 Å². The Labute approximate surface area is 133 Å². The van der Waals surface area contributed by atoms with Crippen LogP contribution < -0.4 is 5.32 Å². The van der Waals surface area contributed by atoms with E-state index in [4.69, 9.17) is 11.6 Å². The lowest BCUT2D eigenvalue weighted by Crippen LogP contribution is -2.10. The summed E-state index contributed by atoms with van der Waals surface area (Å²) >= 11 is 5.90. The standard InChI is InChI=1S/C15H15ClN6/c1-10(12-7-18-22(2)9-12)19-15-20-14(8-17-21-15)11-3-5-13(16)6-4-11/h3-10H,1-2H3,(H,19,20,21). The number of aromatic nitrogens is 5. The van der Waals surface area contributed by atoms with Gasteiger partial charge in [0, 0.05) is 29.4 Å². The van der Waals surface area contributed by atoms with Gasteiger partial charge in [-0.1, -0.05) is 23.7 Å². The van der Waals surface area contributed by atoms with Crippen LogP contribution in [0.4, 0.5) is 5.95 Å². The van der Waals surface area contributed by atoms with Gasteiger partial charge in [-0.2, -0.15) is 10.2 Å². The summed E-state index contributed by atoms with van der Waals surface area (Å²) in [6.45, 7) is 2.02. The molecule has 0 aliphatic rings. The molecule has 2 heterocycles. The molecule has 2 aromatic heterocycles. The van der Waals surface area contributed by atoms with Gasteiger partial charge in [-0.05, 0) is 19.1 Å². The van der Waals surface area contributed by atoms with Crippen molar-refractivity contribution in [3.8, 4) is 11.3 Å². The molecule has 112 valence electrons. The van der Waals surface area contributed by atoms with E-state index in [0.29, 0.717) is 11.0 Å². The Balaban J connectivity index is 1.80. The van der Waals surface area contributed by atoms with Gasteiger partial charge in [0.2, 0.25) is 5.95 Å². The van der Waals surface area contributed by atoms with Crippen LogP contribution in [0.3, 0.4) is 0 Å². The monoisotopic (exact) mass is 314 g/mol. The van der Waals surface area contributed by atoms with Crippen molar-refractivity contribution in [2.24, 2.45) is 7.05 Å². The first-order valence-electron chi connectivity index (χ1n) is 6.82. The summed E-state index contributed by atoms with van der Waals surface area (Å²) in [6.07, 6.45) is 5.39. The molecule has 1 unspecified atom stereocenters. The minimum Gasteiger partial charge on any atom is -0.346 e. The molecule has 0 spiro atoms. The average molecular weight is 315 g/mol. The summed E-state index contributed by atoms with van der Waals surface area (Å²) in [4.78, 5) is 4.49. The van der Waals surface area contributed by atoms with E-state index in [1.807, 2.05) is 50.6 Å². The molecule has 0 amide bonds. The third kappa shape index (κ3) is 3.23. The summed E-state index contributed by atoms with van der Waals surface area (Å²) in [5.74, 6) is 0.476. The van der Waals surface area contributed by atoms with Crippen molar-refractivity contribution >= 4 is 17.5 Å². The number of benzene rings is 1. The molecule has 22 heavy (non-hydrogen) atoms. The van der Waals surface area contributed by atoms with Gasteiger partial charge in [-0.3, -0.25) is 4.68 Å². The lowest BCUT2D eigenvalue weighted by atomic mass is 10.2. The molecule has 3 aromatic rings. The molecule has 0 fully saturated rings. The van der Waals surface area contributed by atoms with Crippen LogP contribution in [0.25, 0.3) is 11.3 Å². The van der Waals surface area contributed by atoms with Gasteiger partial charge in [0.1, 0.15) is 0 Å². The van der Waals surface area contributed by atoms with Crippen molar-refractivity contribution in [3.63, 3.8) is 0 Å². The van der Waals surface area contributed by atoms with E-state index in [2.05, 4.69) is 25.6 Å². The molecule has 0 saturated heterocycles. The van der Waals surface area contributed by atoms with E-state index >= 15 is 0 Å². The maximum Gasteiger partial charge on any atom is 0.243 e. The van der Waals surface area contributed by atoms with Crippen molar-refractivity contribution in [3.05, 3.63) is 53.4 Å². The lowest BCUT2D eigenvalue weighted by Gasteiger charge is -2.11.